The summed E-state index contributed by atoms with van der Waals surface area (Å²) < 4.78 is 1.04. The number of hydrogen-bond donors (Lipinski definition) is 2. The number of para-hydroxylation sites is 1. The quantitative estimate of drug-likeness (QED) is 0.814. The van der Waals surface area contributed by atoms with Crippen LogP contribution in [0.4, 0.5) is 11.4 Å². The topological polar surface area (TPSA) is 38.0 Å². The fourth-order valence-corrected chi connectivity index (χ4v) is 2.77. The maximum atomic E-state index is 5.78. The molecule has 19 heavy (non-hydrogen) atoms. The molecule has 0 aromatic heterocycles. The lowest BCUT2D eigenvalue weighted by molar-refractivity contribution is 1.39. The first-order chi connectivity index (χ1) is 8.97. The Hall–Kier alpha value is -1.39. The van der Waals surface area contributed by atoms with Crippen LogP contribution in [0.25, 0.3) is 0 Å². The molecule has 2 nitrogen and oxygen atoms in total. The monoisotopic (exact) mass is 334 g/mol. The zero-order valence-electron chi connectivity index (χ0n) is 10.8. The van der Waals surface area contributed by atoms with Crippen molar-refractivity contribution in [1.82, 2.24) is 0 Å². The standard InChI is InChI=1S/C15H15BrN2S/c1-9-6-11(16)8-12(7-9)18-14-10(2)4-3-5-13(14)15(17)19/h3-8,18H,1-2H3,(H2,17,19). The molecular weight excluding hydrogens is 320 g/mol. The number of nitrogens with two attached hydrogens (primary N) is 1. The predicted octanol–water partition coefficient (Wildman–Crippen LogP) is 4.44. The van der Waals surface area contributed by atoms with Gasteiger partial charge in [-0.3, -0.25) is 0 Å². The van der Waals surface area contributed by atoms with Crippen molar-refractivity contribution >= 4 is 44.5 Å². The Morgan fingerprint density at radius 1 is 1.21 bits per heavy atom. The minimum absolute atomic E-state index is 0.401. The molecular formula is C15H15BrN2S. The molecule has 0 bridgehead atoms. The number of nitrogens with one attached hydrogen (secondary N) is 1. The predicted molar refractivity (Wildman–Crippen MR) is 89.2 cm³/mol. The highest BCUT2D eigenvalue weighted by molar-refractivity contribution is 9.10. The van der Waals surface area contributed by atoms with Gasteiger partial charge in [0.05, 0.1) is 5.69 Å². The van der Waals surface area contributed by atoms with Gasteiger partial charge in [-0.05, 0) is 49.2 Å². The molecule has 2 rings (SSSR count). The Kier molecular flexibility index (Phi) is 4.22. The Bertz CT molecular complexity index is 618. The average molecular weight is 335 g/mol. The first-order valence-electron chi connectivity index (χ1n) is 5.91. The molecule has 0 spiro atoms. The second kappa shape index (κ2) is 5.72. The molecule has 0 aliphatic carbocycles. The van der Waals surface area contributed by atoms with Crippen molar-refractivity contribution in [2.75, 3.05) is 5.32 Å². The summed E-state index contributed by atoms with van der Waals surface area (Å²) in [4.78, 5) is 0.401. The van der Waals surface area contributed by atoms with Crippen LogP contribution in [-0.4, -0.2) is 4.99 Å². The van der Waals surface area contributed by atoms with Gasteiger partial charge >= 0.3 is 0 Å². The van der Waals surface area contributed by atoms with Crippen molar-refractivity contribution in [1.29, 1.82) is 0 Å². The highest BCUT2D eigenvalue weighted by Crippen LogP contribution is 2.27. The van der Waals surface area contributed by atoms with Gasteiger partial charge in [-0.2, -0.15) is 0 Å². The zero-order valence-corrected chi connectivity index (χ0v) is 13.2. The molecule has 2 aromatic carbocycles. The molecule has 4 heteroatoms. The summed E-state index contributed by atoms with van der Waals surface area (Å²) in [5, 5.41) is 3.41. The van der Waals surface area contributed by atoms with Crippen molar-refractivity contribution in [3.05, 3.63) is 57.6 Å². The second-order valence-electron chi connectivity index (χ2n) is 4.50. The number of rotatable bonds is 3. The van der Waals surface area contributed by atoms with Crippen molar-refractivity contribution < 1.29 is 0 Å². The van der Waals surface area contributed by atoms with Gasteiger partial charge in [0.15, 0.2) is 0 Å². The lowest BCUT2D eigenvalue weighted by Crippen LogP contribution is -2.12. The fraction of sp³-hybridized carbons (Fsp3) is 0.133. The van der Waals surface area contributed by atoms with Crippen LogP contribution in [-0.2, 0) is 0 Å². The summed E-state index contributed by atoms with van der Waals surface area (Å²) in [7, 11) is 0. The van der Waals surface area contributed by atoms with Gasteiger partial charge in [0.2, 0.25) is 0 Å². The Morgan fingerprint density at radius 3 is 2.58 bits per heavy atom. The molecule has 0 saturated carbocycles. The smallest absolute Gasteiger partial charge is 0.106 e. The summed E-state index contributed by atoms with van der Waals surface area (Å²) in [6.45, 7) is 4.09. The summed E-state index contributed by atoms with van der Waals surface area (Å²) in [5.41, 5.74) is 10.9. The molecule has 0 heterocycles. The van der Waals surface area contributed by atoms with Crippen LogP contribution in [0, 0.1) is 13.8 Å². The maximum Gasteiger partial charge on any atom is 0.106 e. The van der Waals surface area contributed by atoms with E-state index in [-0.39, 0.29) is 0 Å². The first kappa shape index (κ1) is 14.0. The van der Waals surface area contributed by atoms with Crippen LogP contribution < -0.4 is 11.1 Å². The van der Waals surface area contributed by atoms with E-state index in [1.807, 2.05) is 31.2 Å². The summed E-state index contributed by atoms with van der Waals surface area (Å²) in [6, 6.07) is 12.1. The molecule has 0 aliphatic rings. The van der Waals surface area contributed by atoms with E-state index in [4.69, 9.17) is 18.0 Å². The normalized spacial score (nSPS) is 10.3. The molecule has 0 aliphatic heterocycles. The third-order valence-electron chi connectivity index (χ3n) is 2.85. The first-order valence-corrected chi connectivity index (χ1v) is 7.11. The molecule has 0 saturated heterocycles. The van der Waals surface area contributed by atoms with Crippen LogP contribution in [0.5, 0.6) is 0 Å². The van der Waals surface area contributed by atoms with Crippen LogP contribution in [0.1, 0.15) is 16.7 Å². The van der Waals surface area contributed by atoms with Gasteiger partial charge < -0.3 is 11.1 Å². The zero-order chi connectivity index (χ0) is 14.0. The minimum Gasteiger partial charge on any atom is -0.389 e. The maximum absolute atomic E-state index is 5.78. The van der Waals surface area contributed by atoms with Crippen LogP contribution in [0.15, 0.2) is 40.9 Å². The van der Waals surface area contributed by atoms with E-state index in [1.165, 1.54) is 5.56 Å². The number of benzene rings is 2. The number of hydrogen-bond acceptors (Lipinski definition) is 2. The molecule has 0 radical (unpaired) electrons. The van der Waals surface area contributed by atoms with Gasteiger partial charge in [-0.25, -0.2) is 0 Å². The molecule has 0 atom stereocenters. The third kappa shape index (κ3) is 3.33. The van der Waals surface area contributed by atoms with Crippen LogP contribution >= 0.6 is 28.1 Å². The van der Waals surface area contributed by atoms with E-state index in [9.17, 15) is 0 Å². The van der Waals surface area contributed by atoms with E-state index >= 15 is 0 Å². The third-order valence-corrected chi connectivity index (χ3v) is 3.53. The molecule has 0 fully saturated rings. The van der Waals surface area contributed by atoms with E-state index in [0.717, 1.165) is 27.0 Å². The van der Waals surface area contributed by atoms with E-state index in [1.54, 1.807) is 0 Å². The molecule has 98 valence electrons. The van der Waals surface area contributed by atoms with E-state index in [2.05, 4.69) is 40.3 Å². The van der Waals surface area contributed by atoms with Crippen molar-refractivity contribution in [3.8, 4) is 0 Å². The summed E-state index contributed by atoms with van der Waals surface area (Å²) in [5.74, 6) is 0. The lowest BCUT2D eigenvalue weighted by Gasteiger charge is -2.15. The Morgan fingerprint density at radius 2 is 1.95 bits per heavy atom. The van der Waals surface area contributed by atoms with Gasteiger partial charge in [-0.1, -0.05) is 40.3 Å². The number of halogens is 1. The van der Waals surface area contributed by atoms with Crippen LogP contribution in [0.3, 0.4) is 0 Å². The highest BCUT2D eigenvalue weighted by atomic mass is 79.9. The minimum atomic E-state index is 0.401. The summed E-state index contributed by atoms with van der Waals surface area (Å²) >= 11 is 8.61. The van der Waals surface area contributed by atoms with Crippen molar-refractivity contribution in [2.45, 2.75) is 13.8 Å². The molecule has 3 N–H and O–H groups in total. The Labute approximate surface area is 127 Å². The van der Waals surface area contributed by atoms with Gasteiger partial charge in [0.1, 0.15) is 4.99 Å². The molecule has 2 aromatic rings. The molecule has 0 amide bonds. The van der Waals surface area contributed by atoms with Gasteiger partial charge in [0, 0.05) is 15.7 Å². The number of anilines is 2. The fourth-order valence-electron chi connectivity index (χ4n) is 1.99. The van der Waals surface area contributed by atoms with Crippen molar-refractivity contribution in [3.63, 3.8) is 0 Å². The largest absolute Gasteiger partial charge is 0.389 e. The van der Waals surface area contributed by atoms with Crippen LogP contribution in [0.2, 0.25) is 0 Å². The van der Waals surface area contributed by atoms with Crippen molar-refractivity contribution in [2.24, 2.45) is 5.73 Å². The number of thiocarbonyl (C=S) groups is 1. The number of aryl methyl sites for hydroxylation is 2. The van der Waals surface area contributed by atoms with E-state index in [0.29, 0.717) is 4.99 Å². The summed E-state index contributed by atoms with van der Waals surface area (Å²) in [6.07, 6.45) is 0. The lowest BCUT2D eigenvalue weighted by atomic mass is 10.1. The van der Waals surface area contributed by atoms with Gasteiger partial charge in [0.25, 0.3) is 0 Å². The van der Waals surface area contributed by atoms with E-state index < -0.39 is 0 Å². The average Bonchev–Trinajstić information content (AvgIpc) is 2.30. The SMILES string of the molecule is Cc1cc(Br)cc(Nc2c(C)cccc2C(N)=S)c1. The molecule has 0 unspecified atom stereocenters. The second-order valence-corrected chi connectivity index (χ2v) is 5.86. The Balaban J connectivity index is 2.45. The highest BCUT2D eigenvalue weighted by Gasteiger charge is 2.08. The van der Waals surface area contributed by atoms with Gasteiger partial charge in [-0.15, -0.1) is 0 Å².